The van der Waals surface area contributed by atoms with E-state index in [1.54, 1.807) is 20.1 Å². The van der Waals surface area contributed by atoms with Crippen LogP contribution in [0.5, 0.6) is 0 Å². The van der Waals surface area contributed by atoms with Crippen molar-refractivity contribution in [3.05, 3.63) is 41.7 Å². The van der Waals surface area contributed by atoms with E-state index in [9.17, 15) is 13.2 Å². The van der Waals surface area contributed by atoms with E-state index in [2.05, 4.69) is 20.6 Å². The van der Waals surface area contributed by atoms with E-state index in [4.69, 9.17) is 4.74 Å². The fourth-order valence-electron chi connectivity index (χ4n) is 2.05. The van der Waals surface area contributed by atoms with Crippen molar-refractivity contribution in [1.29, 1.82) is 0 Å². The van der Waals surface area contributed by atoms with Crippen LogP contribution in [0.4, 0.5) is 30.5 Å². The maximum Gasteiger partial charge on any atom is 0.416 e. The number of methoxy groups -OCH3 is 1. The number of nitrogens with one attached hydrogen (secondary N) is 2. The lowest BCUT2D eigenvalue weighted by Crippen LogP contribution is -2.08. The summed E-state index contributed by atoms with van der Waals surface area (Å²) in [4.78, 5) is 8.50. The highest BCUT2D eigenvalue weighted by molar-refractivity contribution is 5.59. The molecular formula is C16H19F3N4O. The minimum Gasteiger partial charge on any atom is -0.385 e. The Balaban J connectivity index is 2.05. The molecule has 0 saturated carbocycles. The van der Waals surface area contributed by atoms with Crippen molar-refractivity contribution in [1.82, 2.24) is 9.97 Å². The summed E-state index contributed by atoms with van der Waals surface area (Å²) >= 11 is 0. The molecule has 0 spiro atoms. The first kappa shape index (κ1) is 18.0. The predicted octanol–water partition coefficient (Wildman–Crippen LogP) is 4.00. The Bertz CT molecular complexity index is 659. The molecule has 0 amide bonds. The van der Waals surface area contributed by atoms with Gasteiger partial charge in [0, 0.05) is 32.0 Å². The first-order valence-corrected chi connectivity index (χ1v) is 7.41. The highest BCUT2D eigenvalue weighted by Gasteiger charge is 2.29. The SMILES string of the molecule is COCCCNc1cc(Nc2ccc(C(F)(F)F)cc2)nc(C)n1. The number of alkyl halides is 3. The Morgan fingerprint density at radius 2 is 1.75 bits per heavy atom. The average Bonchev–Trinajstić information content (AvgIpc) is 2.51. The molecule has 1 heterocycles. The van der Waals surface area contributed by atoms with Crippen molar-refractivity contribution in [2.45, 2.75) is 19.5 Å². The maximum absolute atomic E-state index is 12.6. The molecule has 0 saturated heterocycles. The maximum atomic E-state index is 12.6. The first-order valence-electron chi connectivity index (χ1n) is 7.41. The van der Waals surface area contributed by atoms with Crippen molar-refractivity contribution in [3.63, 3.8) is 0 Å². The van der Waals surface area contributed by atoms with Crippen molar-refractivity contribution < 1.29 is 17.9 Å². The normalized spacial score (nSPS) is 11.4. The van der Waals surface area contributed by atoms with Gasteiger partial charge in [-0.05, 0) is 37.6 Å². The average molecular weight is 340 g/mol. The summed E-state index contributed by atoms with van der Waals surface area (Å²) in [6.45, 7) is 3.09. The van der Waals surface area contributed by atoms with E-state index in [-0.39, 0.29) is 0 Å². The molecule has 1 aromatic carbocycles. The van der Waals surface area contributed by atoms with Crippen LogP contribution in [0.15, 0.2) is 30.3 Å². The molecule has 0 bridgehead atoms. The van der Waals surface area contributed by atoms with Gasteiger partial charge in [-0.2, -0.15) is 13.2 Å². The van der Waals surface area contributed by atoms with Crippen molar-refractivity contribution in [2.75, 3.05) is 30.9 Å². The van der Waals surface area contributed by atoms with Gasteiger partial charge in [0.25, 0.3) is 0 Å². The van der Waals surface area contributed by atoms with Crippen LogP contribution in [-0.2, 0) is 10.9 Å². The lowest BCUT2D eigenvalue weighted by atomic mass is 10.2. The molecule has 0 atom stereocenters. The molecule has 1 aromatic heterocycles. The van der Waals surface area contributed by atoms with Gasteiger partial charge in [0.05, 0.1) is 5.56 Å². The van der Waals surface area contributed by atoms with E-state index >= 15 is 0 Å². The second-order valence-corrected chi connectivity index (χ2v) is 5.16. The first-order chi connectivity index (χ1) is 11.4. The minimum absolute atomic E-state index is 0.511. The molecule has 2 rings (SSSR count). The zero-order valence-corrected chi connectivity index (χ0v) is 13.4. The van der Waals surface area contributed by atoms with Gasteiger partial charge in [-0.1, -0.05) is 0 Å². The Kier molecular flexibility index (Phi) is 5.97. The van der Waals surface area contributed by atoms with Gasteiger partial charge in [0.1, 0.15) is 17.5 Å². The topological polar surface area (TPSA) is 59.1 Å². The molecule has 5 nitrogen and oxygen atoms in total. The minimum atomic E-state index is -4.34. The molecule has 0 aliphatic carbocycles. The zero-order valence-electron chi connectivity index (χ0n) is 13.4. The van der Waals surface area contributed by atoms with Crippen molar-refractivity contribution in [2.24, 2.45) is 0 Å². The van der Waals surface area contributed by atoms with E-state index < -0.39 is 11.7 Å². The van der Waals surface area contributed by atoms with Crippen LogP contribution in [0.3, 0.4) is 0 Å². The van der Waals surface area contributed by atoms with Gasteiger partial charge < -0.3 is 15.4 Å². The Hall–Kier alpha value is -2.35. The number of halogens is 3. The number of rotatable bonds is 7. The highest BCUT2D eigenvalue weighted by Crippen LogP contribution is 2.30. The van der Waals surface area contributed by atoms with Crippen LogP contribution in [0.25, 0.3) is 0 Å². The monoisotopic (exact) mass is 340 g/mol. The summed E-state index contributed by atoms with van der Waals surface area (Å²) in [5.41, 5.74) is -0.168. The van der Waals surface area contributed by atoms with Gasteiger partial charge in [0.15, 0.2) is 0 Å². The van der Waals surface area contributed by atoms with E-state index in [1.165, 1.54) is 12.1 Å². The fraction of sp³-hybridized carbons (Fsp3) is 0.375. The lowest BCUT2D eigenvalue weighted by Gasteiger charge is -2.11. The van der Waals surface area contributed by atoms with Gasteiger partial charge in [0.2, 0.25) is 0 Å². The van der Waals surface area contributed by atoms with Crippen LogP contribution in [0, 0.1) is 6.92 Å². The number of nitrogens with zero attached hydrogens (tertiary/aromatic N) is 2. The van der Waals surface area contributed by atoms with Crippen LogP contribution in [0.1, 0.15) is 17.8 Å². The van der Waals surface area contributed by atoms with E-state index in [0.717, 1.165) is 18.6 Å². The zero-order chi connectivity index (χ0) is 17.6. The van der Waals surface area contributed by atoms with Crippen molar-refractivity contribution in [3.8, 4) is 0 Å². The third-order valence-corrected chi connectivity index (χ3v) is 3.15. The number of hydrogen-bond acceptors (Lipinski definition) is 5. The number of aromatic nitrogens is 2. The van der Waals surface area contributed by atoms with Gasteiger partial charge in [-0.15, -0.1) is 0 Å². The number of benzene rings is 1. The third-order valence-electron chi connectivity index (χ3n) is 3.15. The summed E-state index contributed by atoms with van der Waals surface area (Å²) in [5.74, 6) is 1.71. The second-order valence-electron chi connectivity index (χ2n) is 5.16. The smallest absolute Gasteiger partial charge is 0.385 e. The molecule has 0 unspecified atom stereocenters. The molecule has 0 radical (unpaired) electrons. The Morgan fingerprint density at radius 3 is 2.38 bits per heavy atom. The van der Waals surface area contributed by atoms with Gasteiger partial charge in [-0.25, -0.2) is 9.97 Å². The molecule has 2 N–H and O–H groups in total. The molecule has 24 heavy (non-hydrogen) atoms. The molecule has 0 aliphatic rings. The quantitative estimate of drug-likeness (QED) is 0.746. The van der Waals surface area contributed by atoms with Gasteiger partial charge in [-0.3, -0.25) is 0 Å². The number of aryl methyl sites for hydroxylation is 1. The summed E-state index contributed by atoms with van der Waals surface area (Å²) in [6.07, 6.45) is -3.51. The molecule has 0 aliphatic heterocycles. The number of anilines is 3. The molecule has 130 valence electrons. The predicted molar refractivity (Wildman–Crippen MR) is 86.5 cm³/mol. The van der Waals surface area contributed by atoms with Crippen LogP contribution < -0.4 is 10.6 Å². The lowest BCUT2D eigenvalue weighted by molar-refractivity contribution is -0.137. The molecular weight excluding hydrogens is 321 g/mol. The van der Waals surface area contributed by atoms with Crippen LogP contribution >= 0.6 is 0 Å². The summed E-state index contributed by atoms with van der Waals surface area (Å²) in [6, 6.07) is 6.50. The molecule has 0 fully saturated rings. The Labute approximate surface area is 138 Å². The summed E-state index contributed by atoms with van der Waals surface area (Å²) in [7, 11) is 1.64. The summed E-state index contributed by atoms with van der Waals surface area (Å²) in [5, 5.41) is 6.14. The van der Waals surface area contributed by atoms with Crippen LogP contribution in [0.2, 0.25) is 0 Å². The van der Waals surface area contributed by atoms with Gasteiger partial charge >= 0.3 is 6.18 Å². The standard InChI is InChI=1S/C16H19F3N4O/c1-11-21-14(20-8-3-9-24-2)10-15(22-11)23-13-6-4-12(5-7-13)16(17,18)19/h4-7,10H,3,8-9H2,1-2H3,(H2,20,21,22,23). The third kappa shape index (κ3) is 5.38. The van der Waals surface area contributed by atoms with Crippen LogP contribution in [-0.4, -0.2) is 30.2 Å². The summed E-state index contributed by atoms with van der Waals surface area (Å²) < 4.78 is 42.7. The Morgan fingerprint density at radius 1 is 1.08 bits per heavy atom. The van der Waals surface area contributed by atoms with E-state index in [1.807, 2.05) is 0 Å². The second kappa shape index (κ2) is 7.96. The van der Waals surface area contributed by atoms with Crippen molar-refractivity contribution >= 4 is 17.3 Å². The molecule has 8 heteroatoms. The van der Waals surface area contributed by atoms with E-state index in [0.29, 0.717) is 36.3 Å². The highest BCUT2D eigenvalue weighted by atomic mass is 19.4. The largest absolute Gasteiger partial charge is 0.416 e. The number of hydrogen-bond donors (Lipinski definition) is 2. The molecule has 2 aromatic rings. The fourth-order valence-corrected chi connectivity index (χ4v) is 2.05. The number of ether oxygens (including phenoxy) is 1.